The average Bonchev–Trinajstić information content (AvgIpc) is 2.95. The summed E-state index contributed by atoms with van der Waals surface area (Å²) in [4.78, 5) is 14.2. The van der Waals surface area contributed by atoms with Crippen molar-refractivity contribution in [2.45, 2.75) is 25.3 Å². The Hall–Kier alpha value is -1.60. The van der Waals surface area contributed by atoms with Crippen molar-refractivity contribution in [1.29, 1.82) is 0 Å². The smallest absolute Gasteiger partial charge is 0.238 e. The first-order valence-corrected chi connectivity index (χ1v) is 9.50. The van der Waals surface area contributed by atoms with Crippen molar-refractivity contribution in [3.05, 3.63) is 29.8 Å². The van der Waals surface area contributed by atoms with E-state index in [1.165, 1.54) is 7.05 Å². The van der Waals surface area contributed by atoms with E-state index in [0.29, 0.717) is 6.54 Å². The van der Waals surface area contributed by atoms with Crippen LogP contribution in [0, 0.1) is 0 Å². The summed E-state index contributed by atoms with van der Waals surface area (Å²) in [5.74, 6) is 0.678. The first-order chi connectivity index (χ1) is 10.8. The highest BCUT2D eigenvalue weighted by atomic mass is 32.2. The van der Waals surface area contributed by atoms with Gasteiger partial charge >= 0.3 is 0 Å². The Morgan fingerprint density at radius 3 is 2.57 bits per heavy atom. The highest BCUT2D eigenvalue weighted by molar-refractivity contribution is 7.88. The van der Waals surface area contributed by atoms with Crippen LogP contribution in [-0.4, -0.2) is 63.1 Å². The molecule has 0 unspecified atom stereocenters. The van der Waals surface area contributed by atoms with Crippen LogP contribution in [0.5, 0.6) is 5.75 Å². The highest BCUT2D eigenvalue weighted by Gasteiger charge is 2.30. The molecule has 0 bridgehead atoms. The molecule has 128 valence electrons. The van der Waals surface area contributed by atoms with Gasteiger partial charge in [0.15, 0.2) is 0 Å². The van der Waals surface area contributed by atoms with Gasteiger partial charge in [0.25, 0.3) is 0 Å². The van der Waals surface area contributed by atoms with Crippen LogP contribution < -0.4 is 4.74 Å². The molecule has 0 saturated carbocycles. The fourth-order valence-corrected chi connectivity index (χ4v) is 3.15. The van der Waals surface area contributed by atoms with E-state index in [0.717, 1.165) is 41.1 Å². The second-order valence-electron chi connectivity index (χ2n) is 5.95. The van der Waals surface area contributed by atoms with Crippen molar-refractivity contribution < 1.29 is 17.9 Å². The van der Waals surface area contributed by atoms with Gasteiger partial charge in [-0.2, -0.15) is 4.31 Å². The largest absolute Gasteiger partial charge is 0.497 e. The molecule has 1 atom stereocenters. The third-order valence-electron chi connectivity index (χ3n) is 4.25. The van der Waals surface area contributed by atoms with Crippen LogP contribution in [-0.2, 0) is 21.2 Å². The average molecular weight is 340 g/mol. The second-order valence-corrected chi connectivity index (χ2v) is 8.04. The lowest BCUT2D eigenvalue weighted by molar-refractivity contribution is -0.132. The molecule has 1 aromatic rings. The fourth-order valence-electron chi connectivity index (χ4n) is 2.81. The maximum Gasteiger partial charge on any atom is 0.238 e. The second kappa shape index (κ2) is 7.31. The van der Waals surface area contributed by atoms with Crippen LogP contribution >= 0.6 is 0 Å². The number of likely N-dealkylation sites (tertiary alicyclic amines) is 1. The molecule has 1 amide bonds. The molecule has 23 heavy (non-hydrogen) atoms. The van der Waals surface area contributed by atoms with Crippen LogP contribution in [0.4, 0.5) is 0 Å². The van der Waals surface area contributed by atoms with Gasteiger partial charge in [0, 0.05) is 19.6 Å². The molecule has 2 rings (SSSR count). The lowest BCUT2D eigenvalue weighted by atomic mass is 10.0. The molecule has 1 heterocycles. The summed E-state index contributed by atoms with van der Waals surface area (Å²) in [5.41, 5.74) is 1.15. The number of nitrogens with zero attached hydrogens (tertiary/aromatic N) is 2. The number of rotatable bonds is 6. The van der Waals surface area contributed by atoms with E-state index in [9.17, 15) is 13.2 Å². The zero-order valence-corrected chi connectivity index (χ0v) is 14.7. The number of sulfonamides is 1. The molecule has 7 heteroatoms. The van der Waals surface area contributed by atoms with Crippen molar-refractivity contribution in [2.24, 2.45) is 0 Å². The Labute approximate surface area is 138 Å². The van der Waals surface area contributed by atoms with Gasteiger partial charge in [-0.25, -0.2) is 8.42 Å². The summed E-state index contributed by atoms with van der Waals surface area (Å²) in [6.45, 7) is 0.592. The standard InChI is InChI=1S/C16H24N2O4S/c1-17(23(3,20)21)12-16(19)18-10-4-5-14(18)11-13-6-8-15(22-2)9-7-13/h6-9,14H,4-5,10-12H2,1-3H3/t14-/m1/s1. The minimum absolute atomic E-state index is 0.0993. The summed E-state index contributed by atoms with van der Waals surface area (Å²) in [7, 11) is -0.278. The van der Waals surface area contributed by atoms with Crippen molar-refractivity contribution in [3.8, 4) is 5.75 Å². The van der Waals surface area contributed by atoms with Gasteiger partial charge in [0.1, 0.15) is 5.75 Å². The number of carbonyl (C=O) groups is 1. The number of likely N-dealkylation sites (N-methyl/N-ethyl adjacent to an activating group) is 1. The monoisotopic (exact) mass is 340 g/mol. The molecular weight excluding hydrogens is 316 g/mol. The Balaban J connectivity index is 2.00. The van der Waals surface area contributed by atoms with Gasteiger partial charge in [-0.05, 0) is 37.0 Å². The van der Waals surface area contributed by atoms with Crippen LogP contribution in [0.1, 0.15) is 18.4 Å². The maximum absolute atomic E-state index is 12.4. The van der Waals surface area contributed by atoms with Crippen molar-refractivity contribution in [1.82, 2.24) is 9.21 Å². The van der Waals surface area contributed by atoms with E-state index in [1.54, 1.807) is 7.11 Å². The molecule has 0 spiro atoms. The normalized spacial score (nSPS) is 18.4. The molecule has 0 radical (unpaired) electrons. The van der Waals surface area contributed by atoms with Gasteiger partial charge in [-0.1, -0.05) is 12.1 Å². The lowest BCUT2D eigenvalue weighted by Gasteiger charge is -2.26. The van der Waals surface area contributed by atoms with E-state index in [4.69, 9.17) is 4.74 Å². The third-order valence-corrected chi connectivity index (χ3v) is 5.51. The van der Waals surface area contributed by atoms with Gasteiger partial charge < -0.3 is 9.64 Å². The Kier molecular flexibility index (Phi) is 5.64. The molecule has 1 aliphatic heterocycles. The van der Waals surface area contributed by atoms with E-state index in [1.807, 2.05) is 29.2 Å². The van der Waals surface area contributed by atoms with Crippen molar-refractivity contribution >= 4 is 15.9 Å². The van der Waals surface area contributed by atoms with Crippen LogP contribution in [0.25, 0.3) is 0 Å². The van der Waals surface area contributed by atoms with E-state index < -0.39 is 10.0 Å². The summed E-state index contributed by atoms with van der Waals surface area (Å²) in [6.07, 6.45) is 3.78. The Morgan fingerprint density at radius 2 is 2.00 bits per heavy atom. The van der Waals surface area contributed by atoms with Crippen molar-refractivity contribution in [2.75, 3.05) is 33.5 Å². The number of ether oxygens (including phenoxy) is 1. The van der Waals surface area contributed by atoms with Crippen molar-refractivity contribution in [3.63, 3.8) is 0 Å². The molecular formula is C16H24N2O4S. The molecule has 1 saturated heterocycles. The van der Waals surface area contributed by atoms with E-state index >= 15 is 0 Å². The maximum atomic E-state index is 12.4. The zero-order chi connectivity index (χ0) is 17.0. The number of hydrogen-bond donors (Lipinski definition) is 0. The van der Waals surface area contributed by atoms with E-state index in [-0.39, 0.29) is 18.5 Å². The molecule has 0 N–H and O–H groups in total. The predicted octanol–water partition coefficient (Wildman–Crippen LogP) is 1.12. The van der Waals surface area contributed by atoms with Gasteiger partial charge in [0.05, 0.1) is 19.9 Å². The third kappa shape index (κ3) is 4.68. The van der Waals surface area contributed by atoms with Crippen LogP contribution in [0.2, 0.25) is 0 Å². The topological polar surface area (TPSA) is 66.9 Å². The molecule has 1 aromatic carbocycles. The zero-order valence-electron chi connectivity index (χ0n) is 13.9. The van der Waals surface area contributed by atoms with E-state index in [2.05, 4.69) is 0 Å². The van der Waals surface area contributed by atoms with Gasteiger partial charge in [0.2, 0.25) is 15.9 Å². The molecule has 0 aliphatic carbocycles. The fraction of sp³-hybridized carbons (Fsp3) is 0.562. The van der Waals surface area contributed by atoms with Gasteiger partial charge in [-0.15, -0.1) is 0 Å². The number of benzene rings is 1. The SMILES string of the molecule is COc1ccc(C[C@H]2CCCN2C(=O)CN(C)S(C)(=O)=O)cc1. The predicted molar refractivity (Wildman–Crippen MR) is 88.9 cm³/mol. The van der Waals surface area contributed by atoms with Gasteiger partial charge in [-0.3, -0.25) is 4.79 Å². The molecule has 0 aromatic heterocycles. The number of hydrogen-bond acceptors (Lipinski definition) is 4. The summed E-state index contributed by atoms with van der Waals surface area (Å²) in [5, 5.41) is 0. The first-order valence-electron chi connectivity index (χ1n) is 7.65. The Bertz CT molecular complexity index is 643. The minimum atomic E-state index is -3.34. The number of methoxy groups -OCH3 is 1. The quantitative estimate of drug-likeness (QED) is 0.778. The highest BCUT2D eigenvalue weighted by Crippen LogP contribution is 2.22. The summed E-state index contributed by atoms with van der Waals surface area (Å²) < 4.78 is 29.2. The first kappa shape index (κ1) is 17.7. The summed E-state index contributed by atoms with van der Waals surface area (Å²) >= 11 is 0. The lowest BCUT2D eigenvalue weighted by Crippen LogP contribution is -2.43. The van der Waals surface area contributed by atoms with Crippen LogP contribution in [0.15, 0.2) is 24.3 Å². The minimum Gasteiger partial charge on any atom is -0.497 e. The molecule has 6 nitrogen and oxygen atoms in total. The molecule has 1 fully saturated rings. The Morgan fingerprint density at radius 1 is 1.35 bits per heavy atom. The number of amides is 1. The summed E-state index contributed by atoms with van der Waals surface area (Å²) in [6, 6.07) is 7.95. The van der Waals surface area contributed by atoms with Crippen LogP contribution in [0.3, 0.4) is 0 Å². The number of carbonyl (C=O) groups excluding carboxylic acids is 1. The molecule has 1 aliphatic rings.